The monoisotopic (exact) mass is 406 g/mol. The van der Waals surface area contributed by atoms with Gasteiger partial charge >= 0.3 is 0 Å². The topological polar surface area (TPSA) is 36.3 Å². The Morgan fingerprint density at radius 3 is 2.31 bits per heavy atom. The van der Waals surface area contributed by atoms with Gasteiger partial charge in [-0.05, 0) is 71.4 Å². The van der Waals surface area contributed by atoms with E-state index in [1.54, 1.807) is 0 Å². The third-order valence-corrected chi connectivity index (χ3v) is 4.94. The number of nitrogens with zero attached hydrogens (tertiary/aromatic N) is 2. The van der Waals surface area contributed by atoms with E-state index in [0.717, 1.165) is 36.5 Å². The maximum absolute atomic E-state index is 9.63. The molecule has 0 aromatic heterocycles. The number of allylic oxidation sites excluding steroid dienone is 1. The van der Waals surface area contributed by atoms with E-state index in [1.165, 1.54) is 10.8 Å². The summed E-state index contributed by atoms with van der Waals surface area (Å²) in [6.45, 7) is 7.96. The summed E-state index contributed by atoms with van der Waals surface area (Å²) in [5.41, 5.74) is 2.56. The van der Waals surface area contributed by atoms with Crippen molar-refractivity contribution in [2.75, 3.05) is 26.2 Å². The van der Waals surface area contributed by atoms with E-state index in [0.29, 0.717) is 12.2 Å². The molecule has 0 N–H and O–H groups in total. The third-order valence-electron chi connectivity index (χ3n) is 4.94. The van der Waals surface area contributed by atoms with Gasteiger partial charge in [0.25, 0.3) is 0 Å². The Morgan fingerprint density at radius 2 is 1.66 bits per heavy atom. The van der Waals surface area contributed by atoms with E-state index < -0.39 is 0 Å². The maximum Gasteiger partial charge on any atom is 0.119 e. The highest BCUT2D eigenvalue weighted by atomic mass is 35.5. The molecule has 0 fully saturated rings. The number of hydrogen-bond donors (Lipinski definition) is 0. The molecule has 0 heterocycles. The van der Waals surface area contributed by atoms with E-state index in [2.05, 4.69) is 49.1 Å². The number of benzene rings is 3. The van der Waals surface area contributed by atoms with Crippen LogP contribution in [-0.4, -0.2) is 31.1 Å². The first-order valence-electron chi connectivity index (χ1n) is 9.79. The lowest BCUT2D eigenvalue weighted by atomic mass is 10.0. The summed E-state index contributed by atoms with van der Waals surface area (Å²) in [6.07, 6.45) is 1.93. The lowest BCUT2D eigenvalue weighted by molar-refractivity contribution is 0.223. The molecule has 3 aromatic rings. The molecule has 3 aromatic carbocycles. The summed E-state index contributed by atoms with van der Waals surface area (Å²) in [7, 11) is 0. The van der Waals surface area contributed by atoms with Crippen LogP contribution in [0, 0.1) is 11.3 Å². The molecular weight excluding hydrogens is 380 g/mol. The van der Waals surface area contributed by atoms with Crippen LogP contribution in [0.5, 0.6) is 5.75 Å². The second kappa shape index (κ2) is 11.3. The minimum Gasteiger partial charge on any atom is -0.492 e. The average Bonchev–Trinajstić information content (AvgIpc) is 2.75. The van der Waals surface area contributed by atoms with E-state index in [4.69, 9.17) is 4.74 Å². The molecule has 0 aliphatic heterocycles. The smallest absolute Gasteiger partial charge is 0.119 e. The summed E-state index contributed by atoms with van der Waals surface area (Å²) >= 11 is 0. The zero-order chi connectivity index (χ0) is 19.8. The fourth-order valence-corrected chi connectivity index (χ4v) is 3.21. The largest absolute Gasteiger partial charge is 0.492 e. The number of likely N-dealkylation sites (N-methyl/N-ethyl adjacent to an activating group) is 1. The molecule has 0 bridgehead atoms. The van der Waals surface area contributed by atoms with E-state index in [-0.39, 0.29) is 12.4 Å². The molecule has 0 unspecified atom stereocenters. The molecule has 29 heavy (non-hydrogen) atoms. The van der Waals surface area contributed by atoms with Gasteiger partial charge in [0.2, 0.25) is 0 Å². The molecule has 0 amide bonds. The molecule has 150 valence electrons. The zero-order valence-electron chi connectivity index (χ0n) is 17.0. The van der Waals surface area contributed by atoms with Crippen molar-refractivity contribution in [3.8, 4) is 11.8 Å². The fraction of sp³-hybridized carbons (Fsp3) is 0.240. The van der Waals surface area contributed by atoms with Crippen LogP contribution >= 0.6 is 12.4 Å². The SMILES string of the molecule is CCN(CC)CCOc1ccc(/C(C#N)=C\c2ccc3ccccc3c2)cc1.Cl. The quantitative estimate of drug-likeness (QED) is 0.337. The van der Waals surface area contributed by atoms with Crippen molar-refractivity contribution in [2.45, 2.75) is 13.8 Å². The van der Waals surface area contributed by atoms with Gasteiger partial charge in [0.1, 0.15) is 12.4 Å². The van der Waals surface area contributed by atoms with Gasteiger partial charge < -0.3 is 9.64 Å². The molecule has 3 rings (SSSR count). The highest BCUT2D eigenvalue weighted by Crippen LogP contribution is 2.23. The van der Waals surface area contributed by atoms with Crippen molar-refractivity contribution in [1.82, 2.24) is 4.90 Å². The number of rotatable bonds is 8. The molecule has 0 saturated heterocycles. The van der Waals surface area contributed by atoms with Crippen LogP contribution in [-0.2, 0) is 0 Å². The van der Waals surface area contributed by atoms with Crippen molar-refractivity contribution in [3.05, 3.63) is 77.9 Å². The van der Waals surface area contributed by atoms with Crippen LogP contribution in [0.25, 0.3) is 22.4 Å². The van der Waals surface area contributed by atoms with Crippen molar-refractivity contribution >= 4 is 34.8 Å². The summed E-state index contributed by atoms with van der Waals surface area (Å²) in [5, 5.41) is 12.0. The number of halogens is 1. The highest BCUT2D eigenvalue weighted by molar-refractivity contribution is 5.92. The van der Waals surface area contributed by atoms with Gasteiger partial charge in [-0.3, -0.25) is 0 Å². The van der Waals surface area contributed by atoms with Crippen molar-refractivity contribution < 1.29 is 4.74 Å². The van der Waals surface area contributed by atoms with Crippen molar-refractivity contribution in [2.24, 2.45) is 0 Å². The van der Waals surface area contributed by atoms with Crippen LogP contribution in [0.2, 0.25) is 0 Å². The Morgan fingerprint density at radius 1 is 0.966 bits per heavy atom. The normalized spacial score (nSPS) is 11.2. The zero-order valence-corrected chi connectivity index (χ0v) is 17.8. The molecule has 0 spiro atoms. The van der Waals surface area contributed by atoms with Gasteiger partial charge in [-0.25, -0.2) is 0 Å². The van der Waals surface area contributed by atoms with Gasteiger partial charge in [0, 0.05) is 6.54 Å². The second-order valence-electron chi connectivity index (χ2n) is 6.68. The number of fused-ring (bicyclic) bond motifs is 1. The molecule has 0 aliphatic rings. The van der Waals surface area contributed by atoms with Crippen molar-refractivity contribution in [1.29, 1.82) is 5.26 Å². The standard InChI is InChI=1S/C25H26N2O.ClH/c1-3-27(4-2)15-16-28-25-13-11-22(12-14-25)24(19-26)18-20-9-10-21-7-5-6-8-23(21)17-20;/h5-14,17-18H,3-4,15-16H2,1-2H3;1H/b24-18-;. The Bertz CT molecular complexity index is 986. The average molecular weight is 407 g/mol. The number of nitriles is 1. The fourth-order valence-electron chi connectivity index (χ4n) is 3.21. The summed E-state index contributed by atoms with van der Waals surface area (Å²) in [6, 6.07) is 24.6. The van der Waals surface area contributed by atoms with Gasteiger partial charge in [0.15, 0.2) is 0 Å². The third kappa shape index (κ3) is 6.09. The molecule has 0 aliphatic carbocycles. The van der Waals surface area contributed by atoms with Crippen molar-refractivity contribution in [3.63, 3.8) is 0 Å². The van der Waals surface area contributed by atoms with Crippen LogP contribution < -0.4 is 4.74 Å². The number of ether oxygens (including phenoxy) is 1. The predicted octanol–water partition coefficient (Wildman–Crippen LogP) is 6.05. The first-order valence-corrected chi connectivity index (χ1v) is 9.79. The predicted molar refractivity (Wildman–Crippen MR) is 124 cm³/mol. The lowest BCUT2D eigenvalue weighted by Crippen LogP contribution is -2.27. The lowest BCUT2D eigenvalue weighted by Gasteiger charge is -2.18. The van der Waals surface area contributed by atoms with Gasteiger partial charge in [0.05, 0.1) is 11.6 Å². The van der Waals surface area contributed by atoms with Gasteiger partial charge in [-0.2, -0.15) is 5.26 Å². The molecular formula is C25H27ClN2O. The minimum atomic E-state index is 0. The molecule has 0 atom stereocenters. The molecule has 4 heteroatoms. The Kier molecular flexibility index (Phi) is 8.73. The Balaban J connectivity index is 0.00000300. The maximum atomic E-state index is 9.63. The van der Waals surface area contributed by atoms with E-state index in [1.807, 2.05) is 48.5 Å². The van der Waals surface area contributed by atoms with Crippen LogP contribution in [0.15, 0.2) is 66.7 Å². The number of hydrogen-bond acceptors (Lipinski definition) is 3. The Hall–Kier alpha value is -2.80. The Labute approximate surface area is 179 Å². The minimum absolute atomic E-state index is 0. The van der Waals surface area contributed by atoms with Crippen LogP contribution in [0.1, 0.15) is 25.0 Å². The van der Waals surface area contributed by atoms with Gasteiger partial charge in [-0.1, -0.05) is 50.2 Å². The van der Waals surface area contributed by atoms with E-state index >= 15 is 0 Å². The first kappa shape index (κ1) is 22.5. The summed E-state index contributed by atoms with van der Waals surface area (Å²) in [4.78, 5) is 2.33. The summed E-state index contributed by atoms with van der Waals surface area (Å²) < 4.78 is 5.83. The molecule has 3 nitrogen and oxygen atoms in total. The molecule has 0 saturated carbocycles. The van der Waals surface area contributed by atoms with Crippen LogP contribution in [0.3, 0.4) is 0 Å². The van der Waals surface area contributed by atoms with E-state index in [9.17, 15) is 5.26 Å². The summed E-state index contributed by atoms with van der Waals surface area (Å²) in [5.74, 6) is 0.832. The highest BCUT2D eigenvalue weighted by Gasteiger charge is 2.04. The van der Waals surface area contributed by atoms with Crippen LogP contribution in [0.4, 0.5) is 0 Å². The molecule has 0 radical (unpaired) electrons. The van der Waals surface area contributed by atoms with Gasteiger partial charge in [-0.15, -0.1) is 12.4 Å². The first-order chi connectivity index (χ1) is 13.7. The second-order valence-corrected chi connectivity index (χ2v) is 6.68.